The molecule has 0 radical (unpaired) electrons. The van der Waals surface area contributed by atoms with Crippen molar-refractivity contribution in [2.75, 3.05) is 33.2 Å². The van der Waals surface area contributed by atoms with Gasteiger partial charge in [0.2, 0.25) is 5.91 Å². The first kappa shape index (κ1) is 19.2. The molecule has 8 heteroatoms. The van der Waals surface area contributed by atoms with E-state index in [4.69, 9.17) is 0 Å². The van der Waals surface area contributed by atoms with Gasteiger partial charge in [0, 0.05) is 18.7 Å². The number of nitrogens with zero attached hydrogens (tertiary/aromatic N) is 1. The second-order valence-electron chi connectivity index (χ2n) is 6.14. The van der Waals surface area contributed by atoms with E-state index < -0.39 is 17.6 Å². The Morgan fingerprint density at radius 1 is 1.16 bits per heavy atom. The zero-order valence-electron chi connectivity index (χ0n) is 14.0. The summed E-state index contributed by atoms with van der Waals surface area (Å²) in [5.41, 5.74) is -0.724. The lowest BCUT2D eigenvalue weighted by atomic mass is 9.97. The number of benzene rings is 1. The number of alkyl halides is 3. The van der Waals surface area contributed by atoms with Crippen LogP contribution in [0.4, 0.5) is 13.2 Å². The van der Waals surface area contributed by atoms with Gasteiger partial charge in [-0.2, -0.15) is 13.2 Å². The summed E-state index contributed by atoms with van der Waals surface area (Å²) in [4.78, 5) is 25.8. The molecule has 1 heterocycles. The molecule has 5 nitrogen and oxygen atoms in total. The van der Waals surface area contributed by atoms with Crippen molar-refractivity contribution < 1.29 is 22.8 Å². The van der Waals surface area contributed by atoms with Gasteiger partial charge in [-0.3, -0.25) is 9.59 Å². The van der Waals surface area contributed by atoms with Gasteiger partial charge in [0.1, 0.15) is 0 Å². The van der Waals surface area contributed by atoms with Gasteiger partial charge >= 0.3 is 6.18 Å². The number of amides is 2. The van der Waals surface area contributed by atoms with Crippen LogP contribution in [0.15, 0.2) is 24.3 Å². The average molecular weight is 357 g/mol. The van der Waals surface area contributed by atoms with Gasteiger partial charge in [0.25, 0.3) is 5.91 Å². The highest BCUT2D eigenvalue weighted by atomic mass is 19.4. The molecule has 138 valence electrons. The fourth-order valence-corrected chi connectivity index (χ4v) is 2.86. The van der Waals surface area contributed by atoms with E-state index in [2.05, 4.69) is 10.6 Å². The average Bonchev–Trinajstić information content (AvgIpc) is 2.59. The Balaban J connectivity index is 1.81. The minimum Gasteiger partial charge on any atom is -0.343 e. The van der Waals surface area contributed by atoms with Crippen molar-refractivity contribution in [1.29, 1.82) is 0 Å². The van der Waals surface area contributed by atoms with E-state index >= 15 is 0 Å². The molecular formula is C17H22F3N3O2. The van der Waals surface area contributed by atoms with Crippen molar-refractivity contribution in [3.8, 4) is 0 Å². The maximum absolute atomic E-state index is 12.5. The number of hydrogen-bond donors (Lipinski definition) is 2. The maximum Gasteiger partial charge on any atom is 0.416 e. The lowest BCUT2D eigenvalue weighted by Crippen LogP contribution is -2.45. The lowest BCUT2D eigenvalue weighted by molar-refractivity contribution is -0.137. The number of piperidine rings is 1. The molecule has 2 amide bonds. The molecule has 25 heavy (non-hydrogen) atoms. The van der Waals surface area contributed by atoms with Crippen LogP contribution < -0.4 is 10.6 Å². The van der Waals surface area contributed by atoms with E-state index in [1.165, 1.54) is 0 Å². The van der Waals surface area contributed by atoms with Crippen LogP contribution in [0.3, 0.4) is 0 Å². The number of carbonyl (C=O) groups excluding carboxylic acids is 2. The van der Waals surface area contributed by atoms with Gasteiger partial charge in [-0.15, -0.1) is 0 Å². The Morgan fingerprint density at radius 3 is 2.28 bits per heavy atom. The third-order valence-electron chi connectivity index (χ3n) is 4.33. The molecule has 0 unspecified atom stereocenters. The second kappa shape index (κ2) is 8.33. The first-order valence-corrected chi connectivity index (χ1v) is 8.19. The molecule has 1 aromatic rings. The number of likely N-dealkylation sites (tertiary alicyclic amines) is 1. The Hall–Kier alpha value is -2.09. The van der Waals surface area contributed by atoms with Crippen LogP contribution in [-0.4, -0.2) is 49.9 Å². The van der Waals surface area contributed by atoms with E-state index in [-0.39, 0.29) is 18.0 Å². The molecule has 0 aliphatic carbocycles. The second-order valence-corrected chi connectivity index (χ2v) is 6.14. The number of nitrogens with one attached hydrogen (secondary N) is 2. The van der Waals surface area contributed by atoms with Crippen LogP contribution >= 0.6 is 0 Å². The van der Waals surface area contributed by atoms with Crippen LogP contribution in [-0.2, 0) is 11.0 Å². The molecule has 0 aromatic heterocycles. The highest BCUT2D eigenvalue weighted by molar-refractivity contribution is 5.96. The fourth-order valence-electron chi connectivity index (χ4n) is 2.86. The van der Waals surface area contributed by atoms with Crippen LogP contribution in [0.5, 0.6) is 0 Å². The van der Waals surface area contributed by atoms with Crippen molar-refractivity contribution in [1.82, 2.24) is 15.5 Å². The fraction of sp³-hybridized carbons (Fsp3) is 0.529. The summed E-state index contributed by atoms with van der Waals surface area (Å²) < 4.78 is 37.5. The Morgan fingerprint density at radius 2 is 1.76 bits per heavy atom. The van der Waals surface area contributed by atoms with E-state index in [9.17, 15) is 22.8 Å². The van der Waals surface area contributed by atoms with Crippen molar-refractivity contribution in [2.24, 2.45) is 5.92 Å². The van der Waals surface area contributed by atoms with E-state index in [0.717, 1.165) is 43.7 Å². The standard InChI is InChI=1S/C17H22F3N3O2/c1-21-10-12-6-8-23(9-7-12)15(24)11-22-16(25)13-2-4-14(5-3-13)17(18,19)20/h2-5,12,21H,6-11H2,1H3,(H,22,25). The zero-order chi connectivity index (χ0) is 18.4. The van der Waals surface area contributed by atoms with Crippen LogP contribution in [0.2, 0.25) is 0 Å². The molecule has 1 aromatic carbocycles. The first-order chi connectivity index (χ1) is 11.8. The first-order valence-electron chi connectivity index (χ1n) is 8.19. The SMILES string of the molecule is CNCC1CCN(C(=O)CNC(=O)c2ccc(C(F)(F)F)cc2)CC1. The minimum atomic E-state index is -4.44. The zero-order valence-corrected chi connectivity index (χ0v) is 14.0. The summed E-state index contributed by atoms with van der Waals surface area (Å²) in [7, 11) is 1.90. The van der Waals surface area contributed by atoms with Gasteiger partial charge in [-0.25, -0.2) is 0 Å². The number of carbonyl (C=O) groups is 2. The molecule has 0 spiro atoms. The molecule has 1 aliphatic heterocycles. The highest BCUT2D eigenvalue weighted by Gasteiger charge is 2.30. The van der Waals surface area contributed by atoms with Crippen molar-refractivity contribution in [2.45, 2.75) is 19.0 Å². The summed E-state index contributed by atoms with van der Waals surface area (Å²) in [5.74, 6) is -0.189. The predicted molar refractivity (Wildman–Crippen MR) is 87.0 cm³/mol. The molecule has 1 aliphatic rings. The smallest absolute Gasteiger partial charge is 0.343 e. The van der Waals surface area contributed by atoms with Crippen molar-refractivity contribution in [3.63, 3.8) is 0 Å². The van der Waals surface area contributed by atoms with Gasteiger partial charge in [0.15, 0.2) is 0 Å². The Kier molecular flexibility index (Phi) is 6.41. The van der Waals surface area contributed by atoms with Gasteiger partial charge < -0.3 is 15.5 Å². The Labute approximate surface area is 144 Å². The van der Waals surface area contributed by atoms with Gasteiger partial charge in [-0.05, 0) is 56.6 Å². The van der Waals surface area contributed by atoms with Crippen LogP contribution in [0.1, 0.15) is 28.8 Å². The minimum absolute atomic E-state index is 0.0912. The van der Waals surface area contributed by atoms with Crippen molar-refractivity contribution >= 4 is 11.8 Å². The van der Waals surface area contributed by atoms with Gasteiger partial charge in [-0.1, -0.05) is 0 Å². The largest absolute Gasteiger partial charge is 0.416 e. The third kappa shape index (κ3) is 5.45. The molecule has 0 bridgehead atoms. The summed E-state index contributed by atoms with van der Waals surface area (Å²) >= 11 is 0. The topological polar surface area (TPSA) is 61.4 Å². The van der Waals surface area contributed by atoms with E-state index in [1.807, 2.05) is 7.05 Å². The van der Waals surface area contributed by atoms with Crippen LogP contribution in [0.25, 0.3) is 0 Å². The maximum atomic E-state index is 12.5. The quantitative estimate of drug-likeness (QED) is 0.846. The lowest BCUT2D eigenvalue weighted by Gasteiger charge is -2.32. The predicted octanol–water partition coefficient (Wildman–Crippen LogP) is 1.89. The normalized spacial score (nSPS) is 15.9. The molecule has 1 fully saturated rings. The number of halogens is 3. The molecule has 0 atom stereocenters. The molecular weight excluding hydrogens is 335 g/mol. The molecule has 0 saturated carbocycles. The molecule has 2 N–H and O–H groups in total. The van der Waals surface area contributed by atoms with E-state index in [0.29, 0.717) is 19.0 Å². The van der Waals surface area contributed by atoms with Gasteiger partial charge in [0.05, 0.1) is 12.1 Å². The summed E-state index contributed by atoms with van der Waals surface area (Å²) in [6, 6.07) is 3.91. The number of hydrogen-bond acceptors (Lipinski definition) is 3. The third-order valence-corrected chi connectivity index (χ3v) is 4.33. The summed E-state index contributed by atoms with van der Waals surface area (Å²) in [6.07, 6.45) is -2.61. The molecule has 1 saturated heterocycles. The van der Waals surface area contributed by atoms with Crippen molar-refractivity contribution in [3.05, 3.63) is 35.4 Å². The highest BCUT2D eigenvalue weighted by Crippen LogP contribution is 2.29. The number of rotatable bonds is 5. The Bertz CT molecular complexity index is 594. The summed E-state index contributed by atoms with van der Waals surface area (Å²) in [6.45, 7) is 2.08. The monoisotopic (exact) mass is 357 g/mol. The van der Waals surface area contributed by atoms with E-state index in [1.54, 1.807) is 4.90 Å². The van der Waals surface area contributed by atoms with Crippen LogP contribution in [0, 0.1) is 5.92 Å². The molecule has 2 rings (SSSR count). The summed E-state index contributed by atoms with van der Waals surface area (Å²) in [5, 5.41) is 5.59.